The van der Waals surface area contributed by atoms with E-state index in [0.29, 0.717) is 23.2 Å². The quantitative estimate of drug-likeness (QED) is 0.694. The molecule has 21 heavy (non-hydrogen) atoms. The van der Waals surface area contributed by atoms with Crippen LogP contribution in [0.25, 0.3) is 0 Å². The Balaban J connectivity index is 1.87. The molecule has 0 aromatic heterocycles. The molecule has 1 unspecified atom stereocenters. The zero-order valence-electron chi connectivity index (χ0n) is 11.7. The average molecular weight is 280 g/mol. The molecule has 4 nitrogen and oxygen atoms in total. The number of imide groups is 1. The van der Waals surface area contributed by atoms with Crippen LogP contribution in [0.15, 0.2) is 48.5 Å². The molecule has 4 heteroatoms. The highest BCUT2D eigenvalue weighted by atomic mass is 16.2. The molecule has 0 radical (unpaired) electrons. The van der Waals surface area contributed by atoms with Crippen LogP contribution < -0.4 is 5.73 Å². The summed E-state index contributed by atoms with van der Waals surface area (Å²) in [7, 11) is 0. The minimum absolute atomic E-state index is 0.193. The van der Waals surface area contributed by atoms with E-state index < -0.39 is 0 Å². The third kappa shape index (κ3) is 2.29. The van der Waals surface area contributed by atoms with Crippen LogP contribution in [0.3, 0.4) is 0 Å². The molecule has 106 valence electrons. The number of carbonyl (C=O) groups excluding carboxylic acids is 2. The third-order valence-corrected chi connectivity index (χ3v) is 3.76. The van der Waals surface area contributed by atoms with Gasteiger partial charge < -0.3 is 5.73 Å². The first-order valence-electron chi connectivity index (χ1n) is 6.89. The molecular weight excluding hydrogens is 264 g/mol. The number of nitrogens with two attached hydrogens (primary N) is 1. The molecule has 0 saturated heterocycles. The van der Waals surface area contributed by atoms with E-state index in [4.69, 9.17) is 5.73 Å². The number of anilines is 1. The number of rotatable bonds is 3. The number of fused-ring (bicyclic) bond motifs is 1. The maximum atomic E-state index is 12.4. The Morgan fingerprint density at radius 2 is 1.67 bits per heavy atom. The lowest BCUT2D eigenvalue weighted by molar-refractivity contribution is 0.0597. The Hall–Kier alpha value is -2.62. The van der Waals surface area contributed by atoms with E-state index in [9.17, 15) is 9.59 Å². The second-order valence-electron chi connectivity index (χ2n) is 5.32. The van der Waals surface area contributed by atoms with Gasteiger partial charge in [-0.25, -0.2) is 0 Å². The molecule has 1 atom stereocenters. The van der Waals surface area contributed by atoms with Crippen LogP contribution in [-0.4, -0.2) is 22.8 Å². The van der Waals surface area contributed by atoms with Gasteiger partial charge in [-0.15, -0.1) is 0 Å². The van der Waals surface area contributed by atoms with Crippen LogP contribution in [0.2, 0.25) is 0 Å². The van der Waals surface area contributed by atoms with Crippen molar-refractivity contribution in [1.82, 2.24) is 4.90 Å². The molecular formula is C17H16N2O2. The Labute approximate surface area is 123 Å². The zero-order valence-corrected chi connectivity index (χ0v) is 11.7. The van der Waals surface area contributed by atoms with Crippen LogP contribution in [-0.2, 0) is 6.42 Å². The van der Waals surface area contributed by atoms with Crippen LogP contribution in [0.1, 0.15) is 33.2 Å². The number of nitrogen functional groups attached to an aromatic ring is 1. The van der Waals surface area contributed by atoms with Gasteiger partial charge in [0.1, 0.15) is 0 Å². The molecule has 0 fully saturated rings. The van der Waals surface area contributed by atoms with Crippen molar-refractivity contribution in [3.8, 4) is 0 Å². The molecule has 1 aliphatic heterocycles. The van der Waals surface area contributed by atoms with Gasteiger partial charge in [-0.05, 0) is 37.1 Å². The van der Waals surface area contributed by atoms with E-state index in [-0.39, 0.29) is 17.9 Å². The van der Waals surface area contributed by atoms with E-state index >= 15 is 0 Å². The van der Waals surface area contributed by atoms with Gasteiger partial charge in [0, 0.05) is 11.7 Å². The Kier molecular flexibility index (Phi) is 3.22. The summed E-state index contributed by atoms with van der Waals surface area (Å²) in [5.74, 6) is -0.496. The van der Waals surface area contributed by atoms with Crippen molar-refractivity contribution >= 4 is 17.5 Å². The average Bonchev–Trinajstić information content (AvgIpc) is 2.71. The SMILES string of the molecule is CC(Cc1ccccc1)N1C(=O)c2ccc(N)cc2C1=O. The molecule has 2 N–H and O–H groups in total. The Morgan fingerprint density at radius 3 is 2.38 bits per heavy atom. The third-order valence-electron chi connectivity index (χ3n) is 3.76. The van der Waals surface area contributed by atoms with Crippen molar-refractivity contribution in [2.24, 2.45) is 0 Å². The van der Waals surface area contributed by atoms with Crippen LogP contribution in [0, 0.1) is 0 Å². The van der Waals surface area contributed by atoms with Crippen molar-refractivity contribution in [3.05, 3.63) is 65.2 Å². The first-order chi connectivity index (χ1) is 10.1. The summed E-state index contributed by atoms with van der Waals surface area (Å²) in [4.78, 5) is 26.2. The van der Waals surface area contributed by atoms with Crippen molar-refractivity contribution < 1.29 is 9.59 Å². The Bertz CT molecular complexity index is 710. The first kappa shape index (κ1) is 13.4. The van der Waals surface area contributed by atoms with Gasteiger partial charge in [-0.3, -0.25) is 14.5 Å². The molecule has 0 aliphatic carbocycles. The first-order valence-corrected chi connectivity index (χ1v) is 6.89. The van der Waals surface area contributed by atoms with Gasteiger partial charge in [0.2, 0.25) is 0 Å². The van der Waals surface area contributed by atoms with Gasteiger partial charge in [0.25, 0.3) is 11.8 Å². The standard InChI is InChI=1S/C17H16N2O2/c1-11(9-12-5-3-2-4-6-12)19-16(20)14-8-7-13(18)10-15(14)17(19)21/h2-8,10-11H,9,18H2,1H3. The predicted octanol–water partition coefficient (Wildman–Crippen LogP) is 2.50. The monoisotopic (exact) mass is 280 g/mol. The molecule has 0 spiro atoms. The number of amides is 2. The van der Waals surface area contributed by atoms with E-state index in [1.165, 1.54) is 4.90 Å². The van der Waals surface area contributed by atoms with E-state index in [1.54, 1.807) is 18.2 Å². The number of benzene rings is 2. The lowest BCUT2D eigenvalue weighted by atomic mass is 10.1. The lowest BCUT2D eigenvalue weighted by Crippen LogP contribution is -2.39. The van der Waals surface area contributed by atoms with Gasteiger partial charge in [-0.2, -0.15) is 0 Å². The molecule has 2 aromatic carbocycles. The highest BCUT2D eigenvalue weighted by Crippen LogP contribution is 2.27. The predicted molar refractivity (Wildman–Crippen MR) is 81.0 cm³/mol. The highest BCUT2D eigenvalue weighted by molar-refractivity contribution is 6.21. The second-order valence-corrected chi connectivity index (χ2v) is 5.32. The molecule has 3 rings (SSSR count). The maximum Gasteiger partial charge on any atom is 0.261 e. The molecule has 0 bridgehead atoms. The molecule has 2 amide bonds. The fourth-order valence-electron chi connectivity index (χ4n) is 2.72. The molecule has 0 saturated carbocycles. The van der Waals surface area contributed by atoms with Crippen molar-refractivity contribution in [1.29, 1.82) is 0 Å². The number of hydrogen-bond acceptors (Lipinski definition) is 3. The topological polar surface area (TPSA) is 63.4 Å². The smallest absolute Gasteiger partial charge is 0.261 e. The summed E-state index contributed by atoms with van der Waals surface area (Å²) in [6, 6.07) is 14.5. The fourth-order valence-corrected chi connectivity index (χ4v) is 2.72. The van der Waals surface area contributed by atoms with Crippen LogP contribution in [0.5, 0.6) is 0 Å². The largest absolute Gasteiger partial charge is 0.399 e. The summed E-state index contributed by atoms with van der Waals surface area (Å²) >= 11 is 0. The second kappa shape index (κ2) is 5.05. The van der Waals surface area contributed by atoms with Gasteiger partial charge in [0.05, 0.1) is 11.1 Å². The van der Waals surface area contributed by atoms with E-state index in [1.807, 2.05) is 37.3 Å². The number of nitrogens with zero attached hydrogens (tertiary/aromatic N) is 1. The molecule has 2 aromatic rings. The highest BCUT2D eigenvalue weighted by Gasteiger charge is 2.38. The normalized spacial score (nSPS) is 15.2. The van der Waals surface area contributed by atoms with Crippen LogP contribution >= 0.6 is 0 Å². The summed E-state index contributed by atoms with van der Waals surface area (Å²) in [5.41, 5.74) is 8.13. The molecule has 1 aliphatic rings. The van der Waals surface area contributed by atoms with Gasteiger partial charge in [-0.1, -0.05) is 30.3 Å². The van der Waals surface area contributed by atoms with Gasteiger partial charge >= 0.3 is 0 Å². The Morgan fingerprint density at radius 1 is 1.00 bits per heavy atom. The summed E-state index contributed by atoms with van der Waals surface area (Å²) < 4.78 is 0. The van der Waals surface area contributed by atoms with E-state index in [0.717, 1.165) is 5.56 Å². The maximum absolute atomic E-state index is 12.4. The minimum atomic E-state index is -0.259. The summed E-state index contributed by atoms with van der Waals surface area (Å²) in [6.07, 6.45) is 0.641. The molecule has 1 heterocycles. The zero-order chi connectivity index (χ0) is 15.0. The van der Waals surface area contributed by atoms with Crippen molar-refractivity contribution in [2.45, 2.75) is 19.4 Å². The number of carbonyl (C=O) groups is 2. The summed E-state index contributed by atoms with van der Waals surface area (Å²) in [5, 5.41) is 0. The number of hydrogen-bond donors (Lipinski definition) is 1. The van der Waals surface area contributed by atoms with Crippen molar-refractivity contribution in [2.75, 3.05) is 5.73 Å². The lowest BCUT2D eigenvalue weighted by Gasteiger charge is -2.22. The summed E-state index contributed by atoms with van der Waals surface area (Å²) in [6.45, 7) is 1.89. The van der Waals surface area contributed by atoms with Gasteiger partial charge in [0.15, 0.2) is 0 Å². The van der Waals surface area contributed by atoms with E-state index in [2.05, 4.69) is 0 Å². The minimum Gasteiger partial charge on any atom is -0.399 e. The van der Waals surface area contributed by atoms with Crippen molar-refractivity contribution in [3.63, 3.8) is 0 Å². The van der Waals surface area contributed by atoms with Crippen LogP contribution in [0.4, 0.5) is 5.69 Å². The fraction of sp³-hybridized carbons (Fsp3) is 0.176.